The molecular weight excluding hydrogens is 823 g/mol. The Hall–Kier alpha value is -8.98. The Morgan fingerprint density at radius 3 is 1.15 bits per heavy atom. The highest BCUT2D eigenvalue weighted by Gasteiger charge is 2.18. The third-order valence-corrected chi connectivity index (χ3v) is 13.6. The number of hydrogen-bond donors (Lipinski definition) is 0. The van der Waals surface area contributed by atoms with E-state index in [0.717, 1.165) is 66.6 Å². The van der Waals surface area contributed by atoms with Crippen molar-refractivity contribution in [3.63, 3.8) is 0 Å². The third kappa shape index (κ3) is 6.99. The molecule has 0 unspecified atom stereocenters. The lowest BCUT2D eigenvalue weighted by Gasteiger charge is -2.13. The van der Waals surface area contributed by atoms with E-state index in [1.54, 1.807) is 0 Å². The molecule has 0 radical (unpaired) electrons. The molecule has 2 nitrogen and oxygen atoms in total. The maximum atomic E-state index is 6.63. The molecule has 11 aromatic carbocycles. The van der Waals surface area contributed by atoms with E-state index in [-0.39, 0.29) is 0 Å². The molecule has 0 aliphatic carbocycles. The van der Waals surface area contributed by atoms with Crippen molar-refractivity contribution in [1.82, 2.24) is 4.57 Å². The van der Waals surface area contributed by atoms with Gasteiger partial charge in [-0.15, -0.1) is 0 Å². The first-order valence-electron chi connectivity index (χ1n) is 23.3. The normalized spacial score (nSPS) is 11.5. The molecule has 2 heterocycles. The zero-order chi connectivity index (χ0) is 45.0. The summed E-state index contributed by atoms with van der Waals surface area (Å²) in [4.78, 5) is 0. The van der Waals surface area contributed by atoms with Gasteiger partial charge in [0, 0.05) is 32.8 Å². The molecule has 2 heteroatoms. The van der Waals surface area contributed by atoms with Gasteiger partial charge in [0.2, 0.25) is 0 Å². The van der Waals surface area contributed by atoms with Crippen LogP contribution < -0.4 is 0 Å². The third-order valence-electron chi connectivity index (χ3n) is 13.6. The second kappa shape index (κ2) is 16.5. The van der Waals surface area contributed by atoms with Crippen LogP contribution in [-0.2, 0) is 0 Å². The summed E-state index contributed by atoms with van der Waals surface area (Å²) >= 11 is 0. The first-order chi connectivity index (χ1) is 33.7. The van der Waals surface area contributed by atoms with Crippen molar-refractivity contribution in [3.8, 4) is 83.6 Å². The van der Waals surface area contributed by atoms with Crippen LogP contribution in [0.2, 0.25) is 0 Å². The summed E-state index contributed by atoms with van der Waals surface area (Å²) in [6, 6.07) is 94.5. The lowest BCUT2D eigenvalue weighted by Crippen LogP contribution is -1.94. The van der Waals surface area contributed by atoms with E-state index < -0.39 is 0 Å². The Balaban J connectivity index is 0.986. The summed E-state index contributed by atoms with van der Waals surface area (Å²) in [5.41, 5.74) is 21.6. The van der Waals surface area contributed by atoms with Gasteiger partial charge in [0.15, 0.2) is 0 Å². The van der Waals surface area contributed by atoms with E-state index in [9.17, 15) is 0 Å². The second-order valence-corrected chi connectivity index (χ2v) is 17.7. The smallest absolute Gasteiger partial charge is 0.143 e. The maximum absolute atomic E-state index is 6.63. The number of para-hydroxylation sites is 1. The minimum Gasteiger partial charge on any atom is -0.455 e. The van der Waals surface area contributed by atoms with Gasteiger partial charge in [0.25, 0.3) is 0 Å². The van der Waals surface area contributed by atoms with Crippen LogP contribution in [0.1, 0.15) is 0 Å². The predicted octanol–water partition coefficient (Wildman–Crippen LogP) is 18.4. The Kier molecular flexibility index (Phi) is 9.54. The van der Waals surface area contributed by atoms with Gasteiger partial charge in [-0.05, 0) is 139 Å². The van der Waals surface area contributed by atoms with E-state index in [1.807, 2.05) is 0 Å². The largest absolute Gasteiger partial charge is 0.455 e. The molecule has 0 bridgehead atoms. The summed E-state index contributed by atoms with van der Waals surface area (Å²) in [6.45, 7) is 0. The summed E-state index contributed by atoms with van der Waals surface area (Å²) in [7, 11) is 0. The summed E-state index contributed by atoms with van der Waals surface area (Å²) in [5.74, 6) is 0. The van der Waals surface area contributed by atoms with Gasteiger partial charge in [-0.1, -0.05) is 194 Å². The van der Waals surface area contributed by atoms with Crippen LogP contribution in [0.25, 0.3) is 127 Å². The molecule has 0 spiro atoms. The highest BCUT2D eigenvalue weighted by Crippen LogP contribution is 2.42. The van der Waals surface area contributed by atoms with Crippen molar-refractivity contribution in [2.45, 2.75) is 0 Å². The molecule has 0 N–H and O–H groups in total. The van der Waals surface area contributed by atoms with Gasteiger partial charge >= 0.3 is 0 Å². The van der Waals surface area contributed by atoms with Gasteiger partial charge in [-0.3, -0.25) is 0 Å². The van der Waals surface area contributed by atoms with Gasteiger partial charge in [0.05, 0.1) is 11.0 Å². The monoisotopic (exact) mass is 865 g/mol. The van der Waals surface area contributed by atoms with Gasteiger partial charge in [-0.2, -0.15) is 0 Å². The van der Waals surface area contributed by atoms with E-state index in [4.69, 9.17) is 4.42 Å². The molecule has 0 saturated carbocycles. The number of aromatic nitrogens is 1. The van der Waals surface area contributed by atoms with Gasteiger partial charge in [0.1, 0.15) is 11.2 Å². The van der Waals surface area contributed by atoms with E-state index in [1.165, 1.54) is 60.8 Å². The lowest BCUT2D eigenvalue weighted by atomic mass is 9.91. The molecule has 0 aliphatic rings. The molecule has 0 amide bonds. The van der Waals surface area contributed by atoms with Crippen LogP contribution in [0.5, 0.6) is 0 Å². The average Bonchev–Trinajstić information content (AvgIpc) is 3.97. The average molecular weight is 866 g/mol. The summed E-state index contributed by atoms with van der Waals surface area (Å²) < 4.78 is 9.05. The minimum atomic E-state index is 0.881. The lowest BCUT2D eigenvalue weighted by molar-refractivity contribution is 0.670. The minimum absolute atomic E-state index is 0.881. The molecule has 13 aromatic rings. The molecule has 68 heavy (non-hydrogen) atoms. The standard InChI is InChI=1S/C66H43NO/c1-5-14-44(15-6-1)47-24-26-49(27-25-47)54-38-55(40-56(39-54)53-32-37-65-62(43-53)59-23-13-22-58(66(59)68-65)50-20-11-4-12-21-50)52-31-36-64-61(42-52)60-41-51(46-18-9-3-10-19-46)30-35-63(60)67(64)57-33-28-48(29-34-57)45-16-7-2-8-17-45/h1-43H. The van der Waals surface area contributed by atoms with Gasteiger partial charge < -0.3 is 8.98 Å². The van der Waals surface area contributed by atoms with Crippen molar-refractivity contribution >= 4 is 43.7 Å². The van der Waals surface area contributed by atoms with Crippen molar-refractivity contribution in [2.24, 2.45) is 0 Å². The summed E-state index contributed by atoms with van der Waals surface area (Å²) in [6.07, 6.45) is 0. The number of hydrogen-bond acceptors (Lipinski definition) is 1. The maximum Gasteiger partial charge on any atom is 0.143 e. The molecule has 13 rings (SSSR count). The Labute approximate surface area is 395 Å². The topological polar surface area (TPSA) is 18.1 Å². The number of nitrogens with zero attached hydrogens (tertiary/aromatic N) is 1. The fraction of sp³-hybridized carbons (Fsp3) is 0. The molecule has 0 saturated heterocycles. The Morgan fingerprint density at radius 2 is 0.618 bits per heavy atom. The van der Waals surface area contributed by atoms with Crippen LogP contribution in [0.15, 0.2) is 265 Å². The Bertz CT molecular complexity index is 3960. The molecule has 0 aliphatic heterocycles. The van der Waals surface area contributed by atoms with Crippen LogP contribution in [0, 0.1) is 0 Å². The van der Waals surface area contributed by atoms with Crippen LogP contribution in [0.4, 0.5) is 0 Å². The molecule has 318 valence electrons. The zero-order valence-corrected chi connectivity index (χ0v) is 37.2. The van der Waals surface area contributed by atoms with Crippen molar-refractivity contribution < 1.29 is 4.42 Å². The molecule has 2 aromatic heterocycles. The van der Waals surface area contributed by atoms with Crippen molar-refractivity contribution in [2.75, 3.05) is 0 Å². The number of furan rings is 1. The van der Waals surface area contributed by atoms with E-state index >= 15 is 0 Å². The molecular formula is C66H43NO. The molecule has 0 fully saturated rings. The second-order valence-electron chi connectivity index (χ2n) is 17.7. The fourth-order valence-electron chi connectivity index (χ4n) is 10.2. The first kappa shape index (κ1) is 39.4. The van der Waals surface area contributed by atoms with Gasteiger partial charge in [-0.25, -0.2) is 0 Å². The zero-order valence-electron chi connectivity index (χ0n) is 37.2. The highest BCUT2D eigenvalue weighted by atomic mass is 16.3. The number of fused-ring (bicyclic) bond motifs is 6. The predicted molar refractivity (Wildman–Crippen MR) is 286 cm³/mol. The quantitative estimate of drug-likeness (QED) is 0.149. The van der Waals surface area contributed by atoms with Crippen LogP contribution in [0.3, 0.4) is 0 Å². The number of benzene rings is 11. The van der Waals surface area contributed by atoms with E-state index in [2.05, 4.69) is 265 Å². The van der Waals surface area contributed by atoms with Crippen molar-refractivity contribution in [3.05, 3.63) is 261 Å². The van der Waals surface area contributed by atoms with Crippen LogP contribution in [-0.4, -0.2) is 4.57 Å². The SMILES string of the molecule is c1ccc(-c2ccc(-c3cc(-c4ccc5oc6c(-c7ccccc7)cccc6c5c4)cc(-c4ccc5c(c4)c4cc(-c6ccccc6)ccc4n5-c4ccc(-c5ccccc5)cc4)c3)cc2)cc1. The summed E-state index contributed by atoms with van der Waals surface area (Å²) in [5, 5.41) is 4.65. The Morgan fingerprint density at radius 1 is 0.235 bits per heavy atom. The molecule has 0 atom stereocenters. The number of rotatable bonds is 8. The first-order valence-corrected chi connectivity index (χ1v) is 23.3. The van der Waals surface area contributed by atoms with Crippen molar-refractivity contribution in [1.29, 1.82) is 0 Å². The fourth-order valence-corrected chi connectivity index (χ4v) is 10.2. The highest BCUT2D eigenvalue weighted by molar-refractivity contribution is 6.13. The van der Waals surface area contributed by atoms with Crippen LogP contribution >= 0.6 is 0 Å². The van der Waals surface area contributed by atoms with E-state index in [0.29, 0.717) is 0 Å².